The number of alkyl halides is 1. The number of nitrogens with zero attached hydrogens (tertiary/aromatic N) is 2. The summed E-state index contributed by atoms with van der Waals surface area (Å²) in [5, 5.41) is 10.3. The number of rotatable bonds is 4. The van der Waals surface area contributed by atoms with Crippen LogP contribution in [-0.4, -0.2) is 34.9 Å². The van der Waals surface area contributed by atoms with Gasteiger partial charge in [-0.25, -0.2) is 9.07 Å². The van der Waals surface area contributed by atoms with Gasteiger partial charge in [0.05, 0.1) is 11.4 Å². The van der Waals surface area contributed by atoms with Gasteiger partial charge in [0, 0.05) is 29.4 Å². The highest BCUT2D eigenvalue weighted by Crippen LogP contribution is 2.23. The van der Waals surface area contributed by atoms with Crippen LogP contribution >= 0.6 is 15.9 Å². The van der Waals surface area contributed by atoms with Crippen molar-refractivity contribution in [1.29, 1.82) is 0 Å². The smallest absolute Gasteiger partial charge is 0.225 e. The Morgan fingerprint density at radius 3 is 3.08 bits per heavy atom. The lowest BCUT2D eigenvalue weighted by atomic mass is 9.92. The maximum Gasteiger partial charge on any atom is 0.225 e. The van der Waals surface area contributed by atoms with Crippen LogP contribution in [0.4, 0.5) is 10.2 Å². The first-order valence-electron chi connectivity index (χ1n) is 8.00. The fourth-order valence-corrected chi connectivity index (χ4v) is 3.32. The molecule has 1 fully saturated rings. The fourth-order valence-electron chi connectivity index (χ4n) is 2.93. The number of halogens is 2. The van der Waals surface area contributed by atoms with Crippen LogP contribution in [0.25, 0.3) is 5.69 Å². The van der Waals surface area contributed by atoms with Crippen LogP contribution in [0.1, 0.15) is 18.5 Å². The molecule has 128 valence electrons. The van der Waals surface area contributed by atoms with E-state index in [9.17, 15) is 9.18 Å². The second-order valence-electron chi connectivity index (χ2n) is 6.08. The van der Waals surface area contributed by atoms with E-state index >= 15 is 0 Å². The first-order valence-corrected chi connectivity index (χ1v) is 8.79. The number of hydrogen-bond donors (Lipinski definition) is 2. The van der Waals surface area contributed by atoms with Gasteiger partial charge < -0.3 is 10.6 Å². The Hall–Kier alpha value is -1.73. The number of hydrogen-bond acceptors (Lipinski definition) is 3. The predicted octanol–water partition coefficient (Wildman–Crippen LogP) is 3.22. The number of piperidine rings is 1. The van der Waals surface area contributed by atoms with E-state index in [1.807, 2.05) is 37.3 Å². The molecule has 2 heterocycles. The highest BCUT2D eigenvalue weighted by Gasteiger charge is 2.27. The Balaban J connectivity index is 1.74. The van der Waals surface area contributed by atoms with Crippen molar-refractivity contribution in [2.24, 2.45) is 5.92 Å². The molecule has 1 aliphatic rings. The molecule has 5 nitrogen and oxygen atoms in total. The van der Waals surface area contributed by atoms with Gasteiger partial charge in [-0.2, -0.15) is 5.10 Å². The maximum absolute atomic E-state index is 13.9. The van der Waals surface area contributed by atoms with Crippen molar-refractivity contribution in [3.05, 3.63) is 40.5 Å². The molecular weight excluding hydrogens is 375 g/mol. The third-order valence-corrected chi connectivity index (χ3v) is 4.64. The lowest BCUT2D eigenvalue weighted by molar-refractivity contribution is -0.117. The summed E-state index contributed by atoms with van der Waals surface area (Å²) in [7, 11) is 0. The van der Waals surface area contributed by atoms with Crippen molar-refractivity contribution in [2.45, 2.75) is 25.9 Å². The molecule has 2 atom stereocenters. The third kappa shape index (κ3) is 4.02. The molecular formula is C17H20BrFN4O. The third-order valence-electron chi connectivity index (χ3n) is 4.14. The quantitative estimate of drug-likeness (QED) is 0.836. The first kappa shape index (κ1) is 17.1. The van der Waals surface area contributed by atoms with E-state index < -0.39 is 6.17 Å². The average Bonchev–Trinajstić information content (AvgIpc) is 2.90. The van der Waals surface area contributed by atoms with Gasteiger partial charge in [-0.15, -0.1) is 0 Å². The predicted molar refractivity (Wildman–Crippen MR) is 95.1 cm³/mol. The van der Waals surface area contributed by atoms with Crippen molar-refractivity contribution in [2.75, 3.05) is 18.4 Å². The number of aromatic nitrogens is 2. The Labute approximate surface area is 148 Å². The molecule has 1 amide bonds. The van der Waals surface area contributed by atoms with Crippen molar-refractivity contribution >= 4 is 27.7 Å². The Morgan fingerprint density at radius 1 is 1.50 bits per heavy atom. The molecule has 0 saturated carbocycles. The van der Waals surface area contributed by atoms with Crippen LogP contribution in [-0.2, 0) is 4.79 Å². The molecule has 0 spiro atoms. The Kier molecular flexibility index (Phi) is 5.30. The summed E-state index contributed by atoms with van der Waals surface area (Å²) in [6.07, 6.45) is -0.106. The van der Waals surface area contributed by atoms with E-state index in [0.29, 0.717) is 18.8 Å². The Morgan fingerprint density at radius 2 is 2.33 bits per heavy atom. The van der Waals surface area contributed by atoms with Crippen LogP contribution in [0, 0.1) is 12.8 Å². The molecule has 1 saturated heterocycles. The zero-order valence-corrected chi connectivity index (χ0v) is 15.0. The van der Waals surface area contributed by atoms with Gasteiger partial charge in [-0.3, -0.25) is 4.79 Å². The van der Waals surface area contributed by atoms with Gasteiger partial charge in [0.2, 0.25) is 5.91 Å². The number of amides is 1. The lowest BCUT2D eigenvalue weighted by Crippen LogP contribution is -2.39. The Bertz CT molecular complexity index is 733. The number of carbonyl (C=O) groups excluding carboxylic acids is 1. The monoisotopic (exact) mass is 394 g/mol. The maximum atomic E-state index is 13.9. The molecule has 24 heavy (non-hydrogen) atoms. The molecule has 1 aromatic heterocycles. The highest BCUT2D eigenvalue weighted by molar-refractivity contribution is 9.10. The van der Waals surface area contributed by atoms with E-state index in [0.717, 1.165) is 22.4 Å². The summed E-state index contributed by atoms with van der Waals surface area (Å²) in [5.41, 5.74) is 1.65. The van der Waals surface area contributed by atoms with Crippen molar-refractivity contribution in [3.8, 4) is 5.69 Å². The van der Waals surface area contributed by atoms with Crippen molar-refractivity contribution < 1.29 is 9.18 Å². The fraction of sp³-hybridized carbons (Fsp3) is 0.412. The summed E-state index contributed by atoms with van der Waals surface area (Å²) < 4.78 is 16.5. The number of anilines is 1. The van der Waals surface area contributed by atoms with E-state index in [2.05, 4.69) is 31.7 Å². The lowest BCUT2D eigenvalue weighted by Gasteiger charge is -2.26. The summed E-state index contributed by atoms with van der Waals surface area (Å²) >= 11 is 3.44. The molecule has 0 aliphatic carbocycles. The molecule has 1 aliphatic heterocycles. The van der Waals surface area contributed by atoms with Crippen LogP contribution in [0.3, 0.4) is 0 Å². The van der Waals surface area contributed by atoms with Gasteiger partial charge in [-0.1, -0.05) is 22.0 Å². The molecule has 2 aromatic rings. The topological polar surface area (TPSA) is 59.0 Å². The SMILES string of the molecule is Cc1cc(NC(=O)CC2CCNCC2F)n(-c2cccc(Br)c2)n1. The molecule has 1 aromatic carbocycles. The summed E-state index contributed by atoms with van der Waals surface area (Å²) in [6.45, 7) is 2.95. The van der Waals surface area contributed by atoms with Gasteiger partial charge in [0.15, 0.2) is 0 Å². The second-order valence-corrected chi connectivity index (χ2v) is 7.00. The molecule has 2 unspecified atom stereocenters. The molecule has 0 radical (unpaired) electrons. The summed E-state index contributed by atoms with van der Waals surface area (Å²) in [6, 6.07) is 9.49. The van der Waals surface area contributed by atoms with E-state index in [-0.39, 0.29) is 18.2 Å². The van der Waals surface area contributed by atoms with Crippen LogP contribution < -0.4 is 10.6 Å². The first-order chi connectivity index (χ1) is 11.5. The number of nitrogens with one attached hydrogen (secondary N) is 2. The zero-order chi connectivity index (χ0) is 17.1. The van der Waals surface area contributed by atoms with Gasteiger partial charge >= 0.3 is 0 Å². The summed E-state index contributed by atoms with van der Waals surface area (Å²) in [4.78, 5) is 12.3. The molecule has 0 bridgehead atoms. The van der Waals surface area contributed by atoms with Crippen LogP contribution in [0.5, 0.6) is 0 Å². The van der Waals surface area contributed by atoms with E-state index in [1.165, 1.54) is 0 Å². The minimum absolute atomic E-state index is 0.180. The minimum Gasteiger partial charge on any atom is -0.314 e. The van der Waals surface area contributed by atoms with Crippen molar-refractivity contribution in [3.63, 3.8) is 0 Å². The largest absolute Gasteiger partial charge is 0.314 e. The van der Waals surface area contributed by atoms with Crippen molar-refractivity contribution in [1.82, 2.24) is 15.1 Å². The molecule has 3 rings (SSSR count). The van der Waals surface area contributed by atoms with Gasteiger partial charge in [-0.05, 0) is 38.1 Å². The van der Waals surface area contributed by atoms with Gasteiger partial charge in [0.25, 0.3) is 0 Å². The molecule has 2 N–H and O–H groups in total. The normalized spacial score (nSPS) is 20.8. The highest BCUT2D eigenvalue weighted by atomic mass is 79.9. The molecule has 7 heteroatoms. The summed E-state index contributed by atoms with van der Waals surface area (Å²) in [5.74, 6) is 0.190. The second kappa shape index (κ2) is 7.44. The van der Waals surface area contributed by atoms with E-state index in [4.69, 9.17) is 0 Å². The number of aryl methyl sites for hydroxylation is 1. The average molecular weight is 395 g/mol. The standard InChI is InChI=1S/C17H20BrFN4O/c1-11-7-16(23(22-11)14-4-2-3-13(18)9-14)21-17(24)8-12-5-6-20-10-15(12)19/h2-4,7,9,12,15,20H,5-6,8,10H2,1H3,(H,21,24). The number of carbonyl (C=O) groups is 1. The van der Waals surface area contributed by atoms with Crippen LogP contribution in [0.15, 0.2) is 34.8 Å². The van der Waals surface area contributed by atoms with Crippen LogP contribution in [0.2, 0.25) is 0 Å². The van der Waals surface area contributed by atoms with Gasteiger partial charge in [0.1, 0.15) is 12.0 Å². The zero-order valence-electron chi connectivity index (χ0n) is 13.4. The van der Waals surface area contributed by atoms with E-state index in [1.54, 1.807) is 4.68 Å². The number of benzene rings is 1. The minimum atomic E-state index is -0.971.